The Kier molecular flexibility index (Phi) is 2.69. The number of pyridine rings is 2. The van der Waals surface area contributed by atoms with Gasteiger partial charge in [-0.1, -0.05) is 0 Å². The Morgan fingerprint density at radius 3 is 1.89 bits per heavy atom. The number of hydrogen-bond acceptors (Lipinski definition) is 2. The number of hydrogen-bond donors (Lipinski definition) is 0. The van der Waals surface area contributed by atoms with Gasteiger partial charge in [-0.3, -0.25) is 14.2 Å². The number of nitrogens with zero attached hydrogens (tertiary/aromatic N) is 2. The van der Waals surface area contributed by atoms with E-state index in [9.17, 15) is 9.59 Å². The Balaban J connectivity index is 3.33. The van der Waals surface area contributed by atoms with Crippen molar-refractivity contribution in [1.82, 2.24) is 9.13 Å². The minimum absolute atomic E-state index is 0.0248. The molecule has 0 spiro atoms. The van der Waals surface area contributed by atoms with Crippen molar-refractivity contribution in [3.05, 3.63) is 43.0 Å². The summed E-state index contributed by atoms with van der Waals surface area (Å²) in [6.45, 7) is 7.34. The Hall–Kier alpha value is -1.84. The molecule has 96 valence electrons. The van der Waals surface area contributed by atoms with Crippen LogP contribution in [0.15, 0.2) is 9.59 Å². The van der Waals surface area contributed by atoms with E-state index in [1.807, 2.05) is 32.4 Å². The van der Waals surface area contributed by atoms with Crippen LogP contribution in [0.25, 0.3) is 11.0 Å². The lowest BCUT2D eigenvalue weighted by Gasteiger charge is -2.17. The lowest BCUT2D eigenvalue weighted by molar-refractivity contribution is 0.787. The molecule has 0 N–H and O–H groups in total. The highest BCUT2D eigenvalue weighted by Gasteiger charge is 2.16. The van der Waals surface area contributed by atoms with E-state index in [-0.39, 0.29) is 11.0 Å². The highest BCUT2D eigenvalue weighted by atomic mass is 16.1. The van der Waals surface area contributed by atoms with E-state index >= 15 is 0 Å². The first-order chi connectivity index (χ1) is 8.29. The molecule has 2 rings (SSSR count). The monoisotopic (exact) mass is 246 g/mol. The molecule has 0 aliphatic rings. The maximum atomic E-state index is 12.4. The molecule has 2 aromatic heterocycles. The predicted octanol–water partition coefficient (Wildman–Crippen LogP) is 1.47. The zero-order valence-corrected chi connectivity index (χ0v) is 11.7. The summed E-state index contributed by atoms with van der Waals surface area (Å²) < 4.78 is 3.48. The molecule has 4 heteroatoms. The molecule has 2 heterocycles. The highest BCUT2D eigenvalue weighted by Crippen LogP contribution is 2.17. The van der Waals surface area contributed by atoms with E-state index in [1.54, 1.807) is 18.5 Å². The second-order valence-electron chi connectivity index (χ2n) is 4.91. The quantitative estimate of drug-likeness (QED) is 0.706. The third-order valence-corrected chi connectivity index (χ3v) is 4.04. The lowest BCUT2D eigenvalue weighted by Crippen LogP contribution is -2.27. The van der Waals surface area contributed by atoms with Crippen LogP contribution in [0.1, 0.15) is 22.4 Å². The van der Waals surface area contributed by atoms with Crippen molar-refractivity contribution < 1.29 is 0 Å². The van der Waals surface area contributed by atoms with Gasteiger partial charge in [-0.25, -0.2) is 0 Å². The minimum Gasteiger partial charge on any atom is -0.334 e. The lowest BCUT2D eigenvalue weighted by atomic mass is 10.0. The van der Waals surface area contributed by atoms with Crippen LogP contribution in [-0.2, 0) is 14.1 Å². The summed E-state index contributed by atoms with van der Waals surface area (Å²) in [5, 5.41) is 0.653. The number of aryl methyl sites for hydroxylation is 3. The van der Waals surface area contributed by atoms with E-state index in [0.29, 0.717) is 16.6 Å². The van der Waals surface area contributed by atoms with Crippen LogP contribution in [0.5, 0.6) is 0 Å². The van der Waals surface area contributed by atoms with Crippen molar-refractivity contribution in [1.29, 1.82) is 0 Å². The van der Waals surface area contributed by atoms with Gasteiger partial charge in [0.05, 0.1) is 5.39 Å². The molecule has 0 saturated carbocycles. The molecule has 0 unspecified atom stereocenters. The Morgan fingerprint density at radius 1 is 0.778 bits per heavy atom. The first-order valence-corrected chi connectivity index (χ1v) is 5.95. The fourth-order valence-electron chi connectivity index (χ4n) is 2.46. The molecule has 0 bridgehead atoms. The predicted molar refractivity (Wildman–Crippen MR) is 73.4 cm³/mol. The second kappa shape index (κ2) is 3.83. The van der Waals surface area contributed by atoms with Crippen molar-refractivity contribution in [2.24, 2.45) is 14.1 Å². The molecule has 0 atom stereocenters. The fraction of sp³-hybridized carbons (Fsp3) is 0.429. The Morgan fingerprint density at radius 2 is 1.33 bits per heavy atom. The molecule has 0 aliphatic heterocycles. The Bertz CT molecular complexity index is 779. The summed E-state index contributed by atoms with van der Waals surface area (Å²) in [4.78, 5) is 24.5. The van der Waals surface area contributed by atoms with Gasteiger partial charge in [-0.15, -0.1) is 0 Å². The number of rotatable bonds is 0. The SMILES string of the molecule is Cc1c(C)n(C)c2c(c(C)c(C)c(=O)n2C)c1=O. The second-order valence-corrected chi connectivity index (χ2v) is 4.91. The van der Waals surface area contributed by atoms with Crippen LogP contribution in [0.4, 0.5) is 0 Å². The van der Waals surface area contributed by atoms with Crippen molar-refractivity contribution in [3.8, 4) is 0 Å². The summed E-state index contributed by atoms with van der Waals surface area (Å²) in [5.74, 6) is 0. The molecule has 0 saturated heterocycles. The maximum absolute atomic E-state index is 12.4. The molecular formula is C14H18N2O2. The van der Waals surface area contributed by atoms with Crippen molar-refractivity contribution in [2.75, 3.05) is 0 Å². The average Bonchev–Trinajstić information content (AvgIpc) is 2.35. The summed E-state index contributed by atoms with van der Waals surface area (Å²) in [5.41, 5.74) is 3.74. The van der Waals surface area contributed by atoms with Gasteiger partial charge in [0.2, 0.25) is 0 Å². The summed E-state index contributed by atoms with van der Waals surface area (Å²) in [6, 6.07) is 0. The van der Waals surface area contributed by atoms with Crippen LogP contribution >= 0.6 is 0 Å². The Labute approximate surface area is 105 Å². The summed E-state index contributed by atoms with van der Waals surface area (Å²) >= 11 is 0. The fourth-order valence-corrected chi connectivity index (χ4v) is 2.46. The van der Waals surface area contributed by atoms with E-state index in [0.717, 1.165) is 16.8 Å². The third-order valence-electron chi connectivity index (χ3n) is 4.04. The van der Waals surface area contributed by atoms with E-state index < -0.39 is 0 Å². The smallest absolute Gasteiger partial charge is 0.255 e. The molecule has 0 aromatic carbocycles. The molecule has 0 fully saturated rings. The van der Waals surface area contributed by atoms with Gasteiger partial charge in [0.1, 0.15) is 5.65 Å². The van der Waals surface area contributed by atoms with Crippen LogP contribution in [0.2, 0.25) is 0 Å². The largest absolute Gasteiger partial charge is 0.334 e. The van der Waals surface area contributed by atoms with Crippen molar-refractivity contribution in [2.45, 2.75) is 27.7 Å². The maximum Gasteiger partial charge on any atom is 0.255 e. The van der Waals surface area contributed by atoms with Gasteiger partial charge in [0.15, 0.2) is 5.43 Å². The van der Waals surface area contributed by atoms with E-state index in [1.165, 1.54) is 0 Å². The standard InChI is InChI=1S/C14H18N2O2/c1-7-8(2)14(18)16(6)13-11(7)12(17)9(3)10(4)15(13)5/h1-6H3. The van der Waals surface area contributed by atoms with E-state index in [4.69, 9.17) is 0 Å². The molecule has 0 amide bonds. The zero-order chi connectivity index (χ0) is 13.8. The van der Waals surface area contributed by atoms with Gasteiger partial charge in [0, 0.05) is 30.9 Å². The minimum atomic E-state index is -0.0433. The molecule has 18 heavy (non-hydrogen) atoms. The van der Waals surface area contributed by atoms with Gasteiger partial charge in [-0.2, -0.15) is 0 Å². The van der Waals surface area contributed by atoms with E-state index in [2.05, 4.69) is 0 Å². The van der Waals surface area contributed by atoms with Crippen molar-refractivity contribution >= 4 is 11.0 Å². The number of aromatic nitrogens is 2. The van der Waals surface area contributed by atoms with Crippen molar-refractivity contribution in [3.63, 3.8) is 0 Å². The van der Waals surface area contributed by atoms with Gasteiger partial charge in [0.25, 0.3) is 5.56 Å². The van der Waals surface area contributed by atoms with Crippen LogP contribution in [-0.4, -0.2) is 9.13 Å². The van der Waals surface area contributed by atoms with Gasteiger partial charge >= 0.3 is 0 Å². The first kappa shape index (κ1) is 12.6. The molecule has 0 aliphatic carbocycles. The molecule has 0 radical (unpaired) electrons. The zero-order valence-electron chi connectivity index (χ0n) is 11.7. The molecular weight excluding hydrogens is 228 g/mol. The summed E-state index contributed by atoms with van der Waals surface area (Å²) in [7, 11) is 3.60. The van der Waals surface area contributed by atoms with Crippen LogP contribution < -0.4 is 11.0 Å². The average molecular weight is 246 g/mol. The topological polar surface area (TPSA) is 44.0 Å². The molecule has 4 nitrogen and oxygen atoms in total. The van der Waals surface area contributed by atoms with Gasteiger partial charge in [-0.05, 0) is 33.3 Å². The number of fused-ring (bicyclic) bond motifs is 1. The molecule has 2 aromatic rings. The van der Waals surface area contributed by atoms with Crippen LogP contribution in [0.3, 0.4) is 0 Å². The normalized spacial score (nSPS) is 11.2. The van der Waals surface area contributed by atoms with Gasteiger partial charge < -0.3 is 4.57 Å². The first-order valence-electron chi connectivity index (χ1n) is 5.95. The highest BCUT2D eigenvalue weighted by molar-refractivity contribution is 5.81. The van der Waals surface area contributed by atoms with Crippen LogP contribution in [0, 0.1) is 27.7 Å². The third kappa shape index (κ3) is 1.38. The summed E-state index contributed by atoms with van der Waals surface area (Å²) in [6.07, 6.45) is 0.